The fourth-order valence-electron chi connectivity index (χ4n) is 10.9. The largest absolute Gasteiger partial charge is 0.494 e. The second-order valence-electron chi connectivity index (χ2n) is 19.6. The molecule has 0 bridgehead atoms. The number of hydrogen-bond donors (Lipinski definition) is 1. The van der Waals surface area contributed by atoms with Gasteiger partial charge in [-0.25, -0.2) is 9.97 Å². The van der Waals surface area contributed by atoms with Crippen molar-refractivity contribution in [3.63, 3.8) is 0 Å². The van der Waals surface area contributed by atoms with Gasteiger partial charge in [0, 0.05) is 39.9 Å². The van der Waals surface area contributed by atoms with E-state index in [9.17, 15) is 23.5 Å². The first kappa shape index (κ1) is 54.8. The lowest BCUT2D eigenvalue weighted by Crippen LogP contribution is -2.54. The molecule has 8 aromatic carbocycles. The van der Waals surface area contributed by atoms with Crippen molar-refractivity contribution in [3.8, 4) is 40.4 Å². The van der Waals surface area contributed by atoms with E-state index in [1.54, 1.807) is 36.4 Å². The summed E-state index contributed by atoms with van der Waals surface area (Å²) in [4.78, 5) is 10.0. The fourth-order valence-corrected chi connectivity index (χ4v) is 12.0. The van der Waals surface area contributed by atoms with E-state index < -0.39 is 29.6 Å². The maximum atomic E-state index is 12.2. The molecular weight excluding hydrogens is 1140 g/mol. The van der Waals surface area contributed by atoms with Crippen molar-refractivity contribution in [2.75, 3.05) is 12.4 Å². The summed E-state index contributed by atoms with van der Waals surface area (Å²) in [5.41, 5.74) is 8.11. The van der Waals surface area contributed by atoms with Crippen molar-refractivity contribution >= 4 is 136 Å². The van der Waals surface area contributed by atoms with Gasteiger partial charge < -0.3 is 22.5 Å². The maximum absolute atomic E-state index is 12.2. The maximum Gasteiger partial charge on any atom is 0.328 e. The molecule has 0 saturated carbocycles. The minimum Gasteiger partial charge on any atom is -0.494 e. The Kier molecular flexibility index (Phi) is 15.1. The minimum absolute atomic E-state index is 0.00995. The quantitative estimate of drug-likeness (QED) is 0.0591. The number of aromatic nitrogens is 4. The van der Waals surface area contributed by atoms with Crippen LogP contribution in [0.2, 0.25) is 20.1 Å². The van der Waals surface area contributed by atoms with Gasteiger partial charge in [0.05, 0.1) is 43.1 Å². The third-order valence-electron chi connectivity index (χ3n) is 14.5. The molecule has 0 spiro atoms. The van der Waals surface area contributed by atoms with Crippen molar-refractivity contribution in [3.05, 3.63) is 242 Å². The highest BCUT2D eigenvalue weighted by Gasteiger charge is 2.38. The van der Waals surface area contributed by atoms with Gasteiger partial charge in [0.1, 0.15) is 40.1 Å². The fraction of sp³-hybridized carbons (Fsp3) is 0.0625. The molecular formula is C64H42B2Cl4N6O6S. The normalized spacial score (nSPS) is 12.3. The summed E-state index contributed by atoms with van der Waals surface area (Å²) >= 11 is 26.6. The first-order valence-electron chi connectivity index (χ1n) is 26.1. The predicted octanol–water partition coefficient (Wildman–Crippen LogP) is 11.4. The Hall–Kier alpha value is -8.76. The van der Waals surface area contributed by atoms with Gasteiger partial charge in [-0.15, -0.1) is 0 Å². The van der Waals surface area contributed by atoms with Crippen LogP contribution in [0, 0.1) is 29.6 Å². The topological polar surface area (TPSA) is 173 Å². The molecule has 83 heavy (non-hydrogen) atoms. The van der Waals surface area contributed by atoms with Crippen molar-refractivity contribution < 1.29 is 26.5 Å². The van der Waals surface area contributed by atoms with Gasteiger partial charge in [-0.2, -0.15) is 18.9 Å². The van der Waals surface area contributed by atoms with Crippen molar-refractivity contribution in [2.24, 2.45) is 0 Å². The third kappa shape index (κ3) is 10.5. The number of hydrogen-bond acceptors (Lipinski definition) is 9. The van der Waals surface area contributed by atoms with Crippen LogP contribution in [0.25, 0.3) is 66.6 Å². The molecule has 404 valence electrons. The Morgan fingerprint density at radius 2 is 0.964 bits per heavy atom. The number of aryl methyl sites for hydroxylation is 1. The Labute approximate surface area is 497 Å². The number of benzene rings is 8. The van der Waals surface area contributed by atoms with E-state index in [0.29, 0.717) is 55.2 Å². The van der Waals surface area contributed by atoms with Crippen LogP contribution >= 0.6 is 46.4 Å². The first-order valence-corrected chi connectivity index (χ1v) is 29.2. The van der Waals surface area contributed by atoms with E-state index in [4.69, 9.17) is 69.9 Å². The van der Waals surface area contributed by atoms with Crippen LogP contribution in [0.1, 0.15) is 23.8 Å². The molecule has 0 saturated heterocycles. The van der Waals surface area contributed by atoms with E-state index in [-0.39, 0.29) is 67.2 Å². The lowest BCUT2D eigenvalue weighted by molar-refractivity contribution is 0.316. The zero-order valence-corrected chi connectivity index (χ0v) is 47.7. The van der Waals surface area contributed by atoms with E-state index in [0.717, 1.165) is 33.0 Å². The molecule has 12 aromatic rings. The number of nitrogens with zero attached hydrogens (tertiary/aromatic N) is 6. The Morgan fingerprint density at radius 3 is 1.39 bits per heavy atom. The second kappa shape index (κ2) is 22.9. The molecule has 12 rings (SSSR count). The van der Waals surface area contributed by atoms with Crippen LogP contribution in [-0.2, 0) is 10.1 Å². The van der Waals surface area contributed by atoms with Gasteiger partial charge in [-0.1, -0.05) is 214 Å². The Morgan fingerprint density at radius 1 is 0.566 bits per heavy atom. The summed E-state index contributed by atoms with van der Waals surface area (Å²) < 4.78 is 56.6. The number of rotatable bonds is 15. The van der Waals surface area contributed by atoms with E-state index in [2.05, 4.69) is 21.1 Å². The van der Waals surface area contributed by atoms with E-state index in [1.165, 1.54) is 0 Å². The molecule has 0 unspecified atom stereocenters. The van der Waals surface area contributed by atoms with Crippen molar-refractivity contribution in [1.82, 2.24) is 18.9 Å². The summed E-state index contributed by atoms with van der Waals surface area (Å²) in [5.74, 6) is -0.141. The van der Waals surface area contributed by atoms with Gasteiger partial charge in [-0.05, 0) is 60.9 Å². The predicted molar refractivity (Wildman–Crippen MR) is 332 cm³/mol. The highest BCUT2D eigenvalue weighted by Crippen LogP contribution is 2.39. The zero-order valence-electron chi connectivity index (χ0n) is 43.8. The highest BCUT2D eigenvalue weighted by atomic mass is 35.5. The van der Waals surface area contributed by atoms with Crippen LogP contribution in [0.15, 0.2) is 203 Å². The Bertz CT molecular complexity index is 4550. The molecule has 12 nitrogen and oxygen atoms in total. The molecule has 0 aliphatic rings. The molecule has 0 fully saturated rings. The Balaban J connectivity index is 1.40. The summed E-state index contributed by atoms with van der Waals surface area (Å²) in [6.45, 7) is 0.585. The number of fused-ring (bicyclic) bond motifs is 3. The molecule has 0 radical (unpaired) electrons. The molecule has 1 N–H and O–H groups in total. The summed E-state index contributed by atoms with van der Waals surface area (Å²) in [7, 11) is -4.23. The molecule has 4 heterocycles. The summed E-state index contributed by atoms with van der Waals surface area (Å²) in [5, 5.41) is 27.2. The van der Waals surface area contributed by atoms with Crippen molar-refractivity contribution in [2.45, 2.75) is 13.3 Å². The van der Waals surface area contributed by atoms with Gasteiger partial charge in [0.15, 0.2) is 11.2 Å². The lowest BCUT2D eigenvalue weighted by atomic mass is 9.50. The average Bonchev–Trinajstić information content (AvgIpc) is 1.83. The molecule has 4 aromatic heterocycles. The van der Waals surface area contributed by atoms with Crippen LogP contribution in [0.4, 0.5) is 0 Å². The monoisotopic (exact) mass is 1180 g/mol. The van der Waals surface area contributed by atoms with Gasteiger partial charge in [-0.3, -0.25) is 4.55 Å². The van der Waals surface area contributed by atoms with Crippen LogP contribution in [0.3, 0.4) is 0 Å². The van der Waals surface area contributed by atoms with E-state index >= 15 is 0 Å². The summed E-state index contributed by atoms with van der Waals surface area (Å²) in [6, 6.07) is 66.6. The number of ether oxygens (including phenoxy) is 1. The van der Waals surface area contributed by atoms with Crippen LogP contribution in [-0.4, -0.2) is 57.9 Å². The smallest absolute Gasteiger partial charge is 0.328 e. The molecule has 0 aliphatic heterocycles. The number of oxazole rings is 2. The van der Waals surface area contributed by atoms with Gasteiger partial charge in [0.25, 0.3) is 10.1 Å². The molecule has 0 amide bonds. The lowest BCUT2D eigenvalue weighted by Gasteiger charge is -2.24. The molecule has 19 heteroatoms. The average molecular weight is 1190 g/mol. The number of halogens is 4. The molecule has 0 aliphatic carbocycles. The minimum atomic E-state index is -4.23. The van der Waals surface area contributed by atoms with Crippen molar-refractivity contribution in [1.29, 1.82) is 10.5 Å². The van der Waals surface area contributed by atoms with Gasteiger partial charge in [0.2, 0.25) is 11.8 Å². The molecule has 0 atom stereocenters. The highest BCUT2D eigenvalue weighted by molar-refractivity contribution is 7.85. The third-order valence-corrected chi connectivity index (χ3v) is 16.7. The SMILES string of the molecule is Cc1ccccc1-c1c2/c(=C(\C#N)c3nc4cc(Cl)c(Cl)cc4o3)n(B(c3ccccc3)c3ccccc3)c(-c3ccc(OCCCS(=O)(=O)O)cc3)c2/c(=C(\C#N)c2nc3cc(Cl)c(Cl)cc3o2)n1B(c1ccccc1)c1ccccc1. The standard InChI is InChI=1S/C64H42B2Cl4N6O6S/c1-39-17-14-15-26-46(39)60-58-57(61(47(37-71)63-73-53-33-49(67)51(69)35-55(53)81-63)76(60)66(43-22-10-4-11-23-43)44-24-12-5-13-25-44)59(40-27-29-45(30-28-40)80-31-16-32-83(77,78)79)75(65(41-18-6-2-7-19-41)42-20-8-3-9-21-42)62(58)48(38-72)64-74-54-34-50(68)52(70)36-56(54)82-64/h2-15,17-30,33-36H,16,31-32H2,1H3,(H,77,78,79)/b61-47-,62-48-. The van der Waals surface area contributed by atoms with E-state index in [1.807, 2.05) is 165 Å². The van der Waals surface area contributed by atoms with Crippen LogP contribution < -0.4 is 37.3 Å². The van der Waals surface area contributed by atoms with Crippen LogP contribution in [0.5, 0.6) is 5.75 Å². The zero-order chi connectivity index (χ0) is 57.5. The first-order chi connectivity index (χ1) is 40.3. The number of nitriles is 2. The second-order valence-corrected chi connectivity index (χ2v) is 22.8. The summed E-state index contributed by atoms with van der Waals surface area (Å²) in [6.07, 6.45) is 0.0355. The van der Waals surface area contributed by atoms with Gasteiger partial charge >= 0.3 is 13.7 Å².